The van der Waals surface area contributed by atoms with Crippen molar-refractivity contribution in [2.24, 2.45) is 0 Å². The molecule has 1 heterocycles. The van der Waals surface area contributed by atoms with E-state index in [4.69, 9.17) is 0 Å². The summed E-state index contributed by atoms with van der Waals surface area (Å²) >= 11 is 1.87. The first-order chi connectivity index (χ1) is 15.9. The van der Waals surface area contributed by atoms with Gasteiger partial charge in [-0.2, -0.15) is 0 Å². The van der Waals surface area contributed by atoms with E-state index in [0.29, 0.717) is 6.42 Å². The number of phenolic OH excluding ortho intramolecular Hbond substituents is 1. The second-order valence-corrected chi connectivity index (χ2v) is 9.97. The van der Waals surface area contributed by atoms with Gasteiger partial charge in [-0.25, -0.2) is 0 Å². The standard InChI is InChI=1S/C28H32N2O2S/c1-18-13-22(31)14-19(2)23(18)17-26(29-3)28(32)30-25-11-12-33-27-10-9-21(16-24(25)27)15-20-7-5-4-6-8-20/h4-10,13-14,16,25-26,29,31H,11-12,15,17H2,1-3H3,(H,30,32). The van der Waals surface area contributed by atoms with Crippen molar-refractivity contribution in [1.29, 1.82) is 0 Å². The highest BCUT2D eigenvalue weighted by Crippen LogP contribution is 2.37. The zero-order chi connectivity index (χ0) is 23.4. The maximum absolute atomic E-state index is 13.3. The van der Waals surface area contributed by atoms with E-state index >= 15 is 0 Å². The predicted molar refractivity (Wildman–Crippen MR) is 136 cm³/mol. The van der Waals surface area contributed by atoms with Crippen molar-refractivity contribution in [3.05, 3.63) is 94.0 Å². The Balaban J connectivity index is 1.51. The van der Waals surface area contributed by atoms with Gasteiger partial charge in [-0.05, 0) is 91.7 Å². The van der Waals surface area contributed by atoms with Gasteiger partial charge in [-0.1, -0.05) is 42.5 Å². The summed E-state index contributed by atoms with van der Waals surface area (Å²) in [5, 5.41) is 16.4. The number of aromatic hydroxyl groups is 1. The van der Waals surface area contributed by atoms with Gasteiger partial charge in [-0.15, -0.1) is 11.8 Å². The van der Waals surface area contributed by atoms with Crippen LogP contribution < -0.4 is 10.6 Å². The molecule has 0 aliphatic carbocycles. The minimum atomic E-state index is -0.336. The Labute approximate surface area is 200 Å². The van der Waals surface area contributed by atoms with Crippen molar-refractivity contribution in [2.75, 3.05) is 12.8 Å². The quantitative estimate of drug-likeness (QED) is 0.460. The summed E-state index contributed by atoms with van der Waals surface area (Å²) in [4.78, 5) is 14.6. The Kier molecular flexibility index (Phi) is 7.41. The van der Waals surface area contributed by atoms with Crippen LogP contribution in [0, 0.1) is 13.8 Å². The summed E-state index contributed by atoms with van der Waals surface area (Å²) in [7, 11) is 1.83. The molecule has 1 aliphatic rings. The Hall–Kier alpha value is -2.76. The fourth-order valence-electron chi connectivity index (χ4n) is 4.63. The third-order valence-corrected chi connectivity index (χ3v) is 7.56. The second kappa shape index (κ2) is 10.4. The Morgan fingerprint density at radius 2 is 1.79 bits per heavy atom. The fourth-order valence-corrected chi connectivity index (χ4v) is 5.74. The lowest BCUT2D eigenvalue weighted by molar-refractivity contribution is -0.123. The maximum Gasteiger partial charge on any atom is 0.237 e. The molecule has 2 atom stereocenters. The molecular weight excluding hydrogens is 428 g/mol. The van der Waals surface area contributed by atoms with Crippen LogP contribution in [0.3, 0.4) is 0 Å². The van der Waals surface area contributed by atoms with Crippen LogP contribution >= 0.6 is 11.8 Å². The molecule has 1 aliphatic heterocycles. The van der Waals surface area contributed by atoms with Crippen LogP contribution in [0.5, 0.6) is 5.75 Å². The molecule has 33 heavy (non-hydrogen) atoms. The molecular formula is C28H32N2O2S. The van der Waals surface area contributed by atoms with E-state index in [1.54, 1.807) is 12.1 Å². The number of carbonyl (C=O) groups is 1. The second-order valence-electron chi connectivity index (χ2n) is 8.84. The minimum absolute atomic E-state index is 0.0145. The van der Waals surface area contributed by atoms with E-state index < -0.39 is 0 Å². The number of benzene rings is 3. The molecule has 1 amide bonds. The van der Waals surface area contributed by atoms with Crippen LogP contribution in [0.4, 0.5) is 0 Å². The number of fused-ring (bicyclic) bond motifs is 1. The molecule has 3 aromatic rings. The van der Waals surface area contributed by atoms with Gasteiger partial charge >= 0.3 is 0 Å². The molecule has 0 saturated carbocycles. The lowest BCUT2D eigenvalue weighted by Crippen LogP contribution is -2.46. The summed E-state index contributed by atoms with van der Waals surface area (Å²) in [5.74, 6) is 1.28. The molecule has 2 unspecified atom stereocenters. The van der Waals surface area contributed by atoms with Crippen LogP contribution in [-0.4, -0.2) is 29.9 Å². The molecule has 4 rings (SSSR count). The van der Waals surface area contributed by atoms with Crippen molar-refractivity contribution in [3.8, 4) is 5.75 Å². The molecule has 0 radical (unpaired) electrons. The number of rotatable bonds is 7. The number of likely N-dealkylation sites (N-methyl/N-ethyl adjacent to an activating group) is 1. The van der Waals surface area contributed by atoms with Crippen LogP contribution in [0.25, 0.3) is 0 Å². The molecule has 3 N–H and O–H groups in total. The molecule has 0 saturated heterocycles. The summed E-state index contributed by atoms with van der Waals surface area (Å²) in [6.07, 6.45) is 2.40. The number of hydrogen-bond donors (Lipinski definition) is 3. The molecule has 0 aromatic heterocycles. The van der Waals surface area contributed by atoms with Crippen LogP contribution in [0.2, 0.25) is 0 Å². The summed E-state index contributed by atoms with van der Waals surface area (Å²) in [6.45, 7) is 3.96. The van der Waals surface area contributed by atoms with E-state index in [9.17, 15) is 9.90 Å². The average Bonchev–Trinajstić information content (AvgIpc) is 2.79. The molecule has 172 valence electrons. The van der Waals surface area contributed by atoms with E-state index in [1.807, 2.05) is 38.7 Å². The number of hydrogen-bond acceptors (Lipinski definition) is 4. The van der Waals surface area contributed by atoms with Crippen LogP contribution in [-0.2, 0) is 17.6 Å². The first-order valence-corrected chi connectivity index (χ1v) is 12.5. The SMILES string of the molecule is CNC(Cc1c(C)cc(O)cc1C)C(=O)NC1CCSc2ccc(Cc3ccccc3)cc21. The van der Waals surface area contributed by atoms with Crippen molar-refractivity contribution in [1.82, 2.24) is 10.6 Å². The molecule has 0 spiro atoms. The molecule has 0 bridgehead atoms. The zero-order valence-electron chi connectivity index (χ0n) is 19.5. The van der Waals surface area contributed by atoms with E-state index in [2.05, 4.69) is 53.1 Å². The minimum Gasteiger partial charge on any atom is -0.508 e. The highest BCUT2D eigenvalue weighted by Gasteiger charge is 2.26. The normalized spacial score (nSPS) is 16.2. The van der Waals surface area contributed by atoms with Gasteiger partial charge < -0.3 is 15.7 Å². The van der Waals surface area contributed by atoms with Crippen molar-refractivity contribution in [2.45, 2.75) is 50.1 Å². The zero-order valence-corrected chi connectivity index (χ0v) is 20.3. The van der Waals surface area contributed by atoms with E-state index in [0.717, 1.165) is 35.3 Å². The summed E-state index contributed by atoms with van der Waals surface area (Å²) in [6, 6.07) is 20.4. The third-order valence-electron chi connectivity index (χ3n) is 6.44. The van der Waals surface area contributed by atoms with Gasteiger partial charge in [0.05, 0.1) is 12.1 Å². The van der Waals surface area contributed by atoms with E-state index in [1.165, 1.54) is 21.6 Å². The Morgan fingerprint density at radius 3 is 2.48 bits per heavy atom. The monoisotopic (exact) mass is 460 g/mol. The number of carbonyl (C=O) groups excluding carboxylic acids is 1. The van der Waals surface area contributed by atoms with Crippen molar-refractivity contribution in [3.63, 3.8) is 0 Å². The Morgan fingerprint density at radius 1 is 1.06 bits per heavy atom. The molecule has 5 heteroatoms. The smallest absolute Gasteiger partial charge is 0.237 e. The topological polar surface area (TPSA) is 61.4 Å². The fraction of sp³-hybridized carbons (Fsp3) is 0.321. The summed E-state index contributed by atoms with van der Waals surface area (Å²) < 4.78 is 0. The Bertz CT molecular complexity index is 1110. The largest absolute Gasteiger partial charge is 0.508 e. The number of thioether (sulfide) groups is 1. The van der Waals surface area contributed by atoms with Gasteiger partial charge in [0.1, 0.15) is 5.75 Å². The lowest BCUT2D eigenvalue weighted by Gasteiger charge is -2.28. The van der Waals surface area contributed by atoms with Crippen molar-refractivity contribution >= 4 is 17.7 Å². The highest BCUT2D eigenvalue weighted by molar-refractivity contribution is 7.99. The molecule has 0 fully saturated rings. The van der Waals surface area contributed by atoms with Gasteiger partial charge in [0, 0.05) is 10.6 Å². The number of phenols is 1. The predicted octanol–water partition coefficient (Wildman–Crippen LogP) is 5.08. The highest BCUT2D eigenvalue weighted by atomic mass is 32.2. The van der Waals surface area contributed by atoms with Crippen molar-refractivity contribution < 1.29 is 9.90 Å². The first kappa shape index (κ1) is 23.4. The first-order valence-electron chi connectivity index (χ1n) is 11.5. The van der Waals surface area contributed by atoms with Crippen LogP contribution in [0.15, 0.2) is 65.6 Å². The lowest BCUT2D eigenvalue weighted by atomic mass is 9.94. The number of aryl methyl sites for hydroxylation is 2. The molecule has 3 aromatic carbocycles. The maximum atomic E-state index is 13.3. The third kappa shape index (κ3) is 5.60. The average molecular weight is 461 g/mol. The van der Waals surface area contributed by atoms with Gasteiger partial charge in [-0.3, -0.25) is 4.79 Å². The number of nitrogens with one attached hydrogen (secondary N) is 2. The van der Waals surface area contributed by atoms with Gasteiger partial charge in [0.25, 0.3) is 0 Å². The van der Waals surface area contributed by atoms with Gasteiger partial charge in [0.15, 0.2) is 0 Å². The summed E-state index contributed by atoms with van der Waals surface area (Å²) in [5.41, 5.74) is 6.89. The van der Waals surface area contributed by atoms with Crippen LogP contribution in [0.1, 0.15) is 45.8 Å². The van der Waals surface area contributed by atoms with Gasteiger partial charge in [0.2, 0.25) is 5.91 Å². The van der Waals surface area contributed by atoms with E-state index in [-0.39, 0.29) is 23.7 Å². The molecule has 4 nitrogen and oxygen atoms in total. The number of amides is 1.